The van der Waals surface area contributed by atoms with Crippen LogP contribution in [0, 0.1) is 5.92 Å². The summed E-state index contributed by atoms with van der Waals surface area (Å²) in [5.74, 6) is 0.612. The minimum absolute atomic E-state index is 0.0195. The van der Waals surface area contributed by atoms with E-state index in [4.69, 9.17) is 14.5 Å². The number of thioether (sulfide) groups is 1. The summed E-state index contributed by atoms with van der Waals surface area (Å²) >= 11 is 1.54. The van der Waals surface area contributed by atoms with Gasteiger partial charge < -0.3 is 19.7 Å². The topological polar surface area (TPSA) is 118 Å². The summed E-state index contributed by atoms with van der Waals surface area (Å²) in [7, 11) is 3.10. The Labute approximate surface area is 259 Å². The highest BCUT2D eigenvalue weighted by Gasteiger charge is 2.42. The Bertz CT molecular complexity index is 1220. The van der Waals surface area contributed by atoms with Crippen molar-refractivity contribution >= 4 is 40.5 Å². The smallest absolute Gasteiger partial charge is 0.410 e. The van der Waals surface area contributed by atoms with E-state index < -0.39 is 29.8 Å². The van der Waals surface area contributed by atoms with Gasteiger partial charge in [-0.2, -0.15) is 0 Å². The average molecular weight is 615 g/mol. The summed E-state index contributed by atoms with van der Waals surface area (Å²) < 4.78 is 10.7. The quantitative estimate of drug-likeness (QED) is 0.401. The number of carbonyl (C=O) groups is 4. The van der Waals surface area contributed by atoms with Gasteiger partial charge in [0.25, 0.3) is 0 Å². The third kappa shape index (κ3) is 8.10. The third-order valence-electron chi connectivity index (χ3n) is 8.48. The second-order valence-corrected chi connectivity index (χ2v) is 13.8. The summed E-state index contributed by atoms with van der Waals surface area (Å²) in [4.78, 5) is 61.5. The molecule has 4 atom stereocenters. The predicted octanol–water partition coefficient (Wildman–Crippen LogP) is 4.70. The van der Waals surface area contributed by atoms with Crippen molar-refractivity contribution in [3.63, 3.8) is 0 Å². The van der Waals surface area contributed by atoms with Crippen molar-refractivity contribution in [1.29, 1.82) is 0 Å². The van der Waals surface area contributed by atoms with Crippen molar-refractivity contribution in [2.45, 2.75) is 102 Å². The number of Topliss-reactive ketones (excluding diaryl/α,β-unsaturated/α-hetero) is 1. The van der Waals surface area contributed by atoms with Gasteiger partial charge in [0.2, 0.25) is 11.8 Å². The van der Waals surface area contributed by atoms with Gasteiger partial charge in [-0.1, -0.05) is 31.4 Å². The fourth-order valence-corrected chi connectivity index (χ4v) is 7.13. The number of hydrogen-bond donors (Lipinski definition) is 1. The molecule has 43 heavy (non-hydrogen) atoms. The van der Waals surface area contributed by atoms with Crippen LogP contribution in [-0.4, -0.2) is 94.8 Å². The molecular weight excluding hydrogens is 568 g/mol. The Morgan fingerprint density at radius 2 is 1.81 bits per heavy atom. The van der Waals surface area contributed by atoms with Crippen LogP contribution in [0.2, 0.25) is 0 Å². The number of hydrogen-bond acceptors (Lipinski definition) is 8. The Balaban J connectivity index is 1.49. The van der Waals surface area contributed by atoms with Crippen molar-refractivity contribution in [3.05, 3.63) is 29.8 Å². The second kappa shape index (κ2) is 14.1. The first-order valence-corrected chi connectivity index (χ1v) is 16.3. The summed E-state index contributed by atoms with van der Waals surface area (Å²) in [5, 5.41) is 3.84. The van der Waals surface area contributed by atoms with Crippen LogP contribution in [-0.2, 0) is 14.3 Å². The molecule has 0 spiro atoms. The molecule has 1 aromatic rings. The molecule has 4 rings (SSSR count). The number of aliphatic imine (C=N–C) groups is 1. The molecular formula is C32H46N4O6S. The van der Waals surface area contributed by atoms with Gasteiger partial charge in [0, 0.05) is 24.9 Å². The van der Waals surface area contributed by atoms with Crippen LogP contribution < -0.4 is 10.1 Å². The zero-order valence-electron chi connectivity index (χ0n) is 26.3. The molecule has 1 N–H and O–H groups in total. The fraction of sp³-hybridized carbons (Fsp3) is 0.656. The average Bonchev–Trinajstić information content (AvgIpc) is 3.68. The number of benzene rings is 1. The number of methoxy groups -OCH3 is 1. The maximum absolute atomic E-state index is 14.2. The molecule has 3 aliphatic rings. The number of ketones is 1. The molecule has 1 unspecified atom stereocenters. The highest BCUT2D eigenvalue weighted by Crippen LogP contribution is 2.33. The van der Waals surface area contributed by atoms with Crippen LogP contribution in [0.15, 0.2) is 29.3 Å². The molecule has 1 aromatic carbocycles. The van der Waals surface area contributed by atoms with Gasteiger partial charge in [-0.3, -0.25) is 24.3 Å². The standard InChI is InChI=1S/C32H46N4O6S/c1-20(35(5)31(40)42-32(2,3)4)28(38)34-26(21-12-8-7-9-13-21)30(39)36-17-11-16-25(36)29-33-24(19-43-29)27(37)22-14-10-15-23(18-22)41-6/h10,14-15,18,20-21,24-26H,7-9,11-13,16-17,19H2,1-6H3,(H,34,38)/t20-,24?,25-,26-/m0/s1. The van der Waals surface area contributed by atoms with Gasteiger partial charge in [-0.15, -0.1) is 11.8 Å². The van der Waals surface area contributed by atoms with Crippen molar-refractivity contribution in [3.8, 4) is 5.75 Å². The lowest BCUT2D eigenvalue weighted by molar-refractivity contribution is -0.139. The molecule has 2 fully saturated rings. The van der Waals surface area contributed by atoms with Crippen LogP contribution in [0.3, 0.4) is 0 Å². The Morgan fingerprint density at radius 1 is 1.09 bits per heavy atom. The largest absolute Gasteiger partial charge is 0.497 e. The predicted molar refractivity (Wildman–Crippen MR) is 168 cm³/mol. The van der Waals surface area contributed by atoms with Gasteiger partial charge in [0.05, 0.1) is 18.2 Å². The lowest BCUT2D eigenvalue weighted by Gasteiger charge is -2.36. The van der Waals surface area contributed by atoms with Crippen LogP contribution in [0.25, 0.3) is 0 Å². The zero-order valence-corrected chi connectivity index (χ0v) is 27.1. The highest BCUT2D eigenvalue weighted by molar-refractivity contribution is 8.14. The van der Waals surface area contributed by atoms with Gasteiger partial charge >= 0.3 is 6.09 Å². The number of carbonyl (C=O) groups excluding carboxylic acids is 4. The summed E-state index contributed by atoms with van der Waals surface area (Å²) in [6, 6.07) is 4.85. The van der Waals surface area contributed by atoms with Crippen LogP contribution >= 0.6 is 11.8 Å². The first-order valence-electron chi connectivity index (χ1n) is 15.3. The van der Waals surface area contributed by atoms with Crippen LogP contribution in [0.5, 0.6) is 5.75 Å². The minimum atomic E-state index is -0.818. The van der Waals surface area contributed by atoms with E-state index in [2.05, 4.69) is 5.32 Å². The van der Waals surface area contributed by atoms with Crippen molar-refractivity contribution < 1.29 is 28.7 Å². The molecule has 3 amide bonds. The minimum Gasteiger partial charge on any atom is -0.497 e. The van der Waals surface area contributed by atoms with E-state index in [-0.39, 0.29) is 29.6 Å². The first kappa shape index (κ1) is 32.8. The number of nitrogens with one attached hydrogen (secondary N) is 1. The number of rotatable bonds is 9. The van der Waals surface area contributed by atoms with E-state index in [1.54, 1.807) is 59.1 Å². The number of likely N-dealkylation sites (N-methyl/N-ethyl adjacent to an activating group) is 1. The first-order chi connectivity index (χ1) is 20.4. The molecule has 2 heterocycles. The molecule has 10 nitrogen and oxygen atoms in total. The lowest BCUT2D eigenvalue weighted by atomic mass is 9.83. The molecule has 1 saturated heterocycles. The van der Waals surface area contributed by atoms with E-state index in [0.29, 0.717) is 23.6 Å². The summed E-state index contributed by atoms with van der Waals surface area (Å²) in [6.07, 6.45) is 5.86. The van der Waals surface area contributed by atoms with E-state index in [0.717, 1.165) is 50.0 Å². The van der Waals surface area contributed by atoms with Crippen LogP contribution in [0.1, 0.15) is 83.0 Å². The second-order valence-electron chi connectivity index (χ2n) is 12.7. The third-order valence-corrected chi connectivity index (χ3v) is 9.63. The van der Waals surface area contributed by atoms with E-state index in [1.807, 2.05) is 4.90 Å². The Kier molecular flexibility index (Phi) is 10.8. The van der Waals surface area contributed by atoms with Crippen molar-refractivity contribution in [2.75, 3.05) is 26.5 Å². The molecule has 0 bridgehead atoms. The lowest BCUT2D eigenvalue weighted by Crippen LogP contribution is -2.58. The molecule has 0 aromatic heterocycles. The SMILES string of the molecule is COc1cccc(C(=O)C2CSC([C@@H]3CCCN3C(=O)[C@@H](NC(=O)[C@H](C)N(C)C(=O)OC(C)(C)C)C3CCCCC3)=N2)c1. The maximum Gasteiger partial charge on any atom is 0.410 e. The fourth-order valence-electron chi connectivity index (χ4n) is 5.93. The van der Waals surface area contributed by atoms with E-state index >= 15 is 0 Å². The number of nitrogens with zero attached hydrogens (tertiary/aromatic N) is 3. The molecule has 0 radical (unpaired) electrons. The van der Waals surface area contributed by atoms with Crippen LogP contribution in [0.4, 0.5) is 4.79 Å². The van der Waals surface area contributed by atoms with Gasteiger partial charge in [0.1, 0.15) is 29.5 Å². The number of likely N-dealkylation sites (tertiary alicyclic amines) is 1. The number of amides is 3. The molecule has 1 aliphatic carbocycles. The van der Waals surface area contributed by atoms with E-state index in [9.17, 15) is 19.2 Å². The Morgan fingerprint density at radius 3 is 2.49 bits per heavy atom. The van der Waals surface area contributed by atoms with Crippen molar-refractivity contribution in [1.82, 2.24) is 15.1 Å². The normalized spacial score (nSPS) is 22.4. The Hall–Kier alpha value is -3.08. The highest BCUT2D eigenvalue weighted by atomic mass is 32.2. The molecule has 11 heteroatoms. The zero-order chi connectivity index (χ0) is 31.3. The molecule has 2 aliphatic heterocycles. The van der Waals surface area contributed by atoms with Gasteiger partial charge in [0.15, 0.2) is 5.78 Å². The molecule has 236 valence electrons. The van der Waals surface area contributed by atoms with Crippen molar-refractivity contribution in [2.24, 2.45) is 10.9 Å². The number of ether oxygens (including phenoxy) is 2. The van der Waals surface area contributed by atoms with Gasteiger partial charge in [-0.25, -0.2) is 4.79 Å². The van der Waals surface area contributed by atoms with Gasteiger partial charge in [-0.05, 0) is 71.4 Å². The maximum atomic E-state index is 14.2. The monoisotopic (exact) mass is 614 g/mol. The van der Waals surface area contributed by atoms with E-state index in [1.165, 1.54) is 23.7 Å². The molecule has 1 saturated carbocycles. The summed E-state index contributed by atoms with van der Waals surface area (Å²) in [5.41, 5.74) is -0.134. The summed E-state index contributed by atoms with van der Waals surface area (Å²) in [6.45, 7) is 7.54.